The Morgan fingerprint density at radius 3 is 2.59 bits per heavy atom. The smallest absolute Gasteiger partial charge is 0.242 e. The van der Waals surface area contributed by atoms with Crippen molar-refractivity contribution >= 4 is 23.3 Å². The first-order valence-corrected chi connectivity index (χ1v) is 10.1. The predicted molar refractivity (Wildman–Crippen MR) is 114 cm³/mol. The Balaban J connectivity index is 1.51. The normalized spacial score (nSPS) is 14.3. The molecule has 0 unspecified atom stereocenters. The van der Waals surface area contributed by atoms with Crippen LogP contribution in [0.2, 0.25) is 5.02 Å². The lowest BCUT2D eigenvalue weighted by molar-refractivity contribution is -0.131. The van der Waals surface area contributed by atoms with E-state index in [0.717, 1.165) is 35.7 Å². The number of amides is 1. The zero-order valence-corrected chi connectivity index (χ0v) is 17.0. The number of pyridine rings is 1. The lowest BCUT2D eigenvalue weighted by Crippen LogP contribution is -2.50. The van der Waals surface area contributed by atoms with Gasteiger partial charge in [-0.1, -0.05) is 36.7 Å². The van der Waals surface area contributed by atoms with Crippen molar-refractivity contribution in [1.29, 1.82) is 0 Å². The topological polar surface area (TPSA) is 62.2 Å². The molecule has 2 aromatic heterocycles. The van der Waals surface area contributed by atoms with E-state index in [1.54, 1.807) is 6.20 Å². The molecule has 0 bridgehead atoms. The molecule has 6 nitrogen and oxygen atoms in total. The largest absolute Gasteiger partial charge is 0.345 e. The fraction of sp³-hybridized carbons (Fsp3) is 0.273. The molecule has 0 atom stereocenters. The maximum atomic E-state index is 12.8. The molecule has 1 aliphatic heterocycles. The maximum absolute atomic E-state index is 12.8. The minimum Gasteiger partial charge on any atom is -0.345 e. The average Bonchev–Trinajstić information content (AvgIpc) is 2.77. The van der Waals surface area contributed by atoms with Gasteiger partial charge in [0.15, 0.2) is 5.82 Å². The fourth-order valence-electron chi connectivity index (χ4n) is 3.32. The van der Waals surface area contributed by atoms with E-state index in [1.165, 1.54) is 0 Å². The van der Waals surface area contributed by atoms with Gasteiger partial charge in [0.1, 0.15) is 11.5 Å². The Morgan fingerprint density at radius 1 is 1.07 bits per heavy atom. The standard InChI is InChI=1S/C22H22ClN5O/c1-2-18-13-20(26-22(25-18)19-5-3-4-10-24-19)27-11-12-28(21(29)15-27)14-16-6-8-17(23)9-7-16/h3-10,13H,2,11-12,14-15H2,1H3. The highest BCUT2D eigenvalue weighted by molar-refractivity contribution is 6.30. The Kier molecular flexibility index (Phi) is 5.71. The summed E-state index contributed by atoms with van der Waals surface area (Å²) >= 11 is 5.95. The summed E-state index contributed by atoms with van der Waals surface area (Å²) in [6, 6.07) is 15.3. The van der Waals surface area contributed by atoms with E-state index in [2.05, 4.69) is 16.9 Å². The van der Waals surface area contributed by atoms with Crippen molar-refractivity contribution in [2.75, 3.05) is 24.5 Å². The highest BCUT2D eigenvalue weighted by atomic mass is 35.5. The van der Waals surface area contributed by atoms with E-state index in [-0.39, 0.29) is 5.91 Å². The first-order valence-electron chi connectivity index (χ1n) is 9.69. The van der Waals surface area contributed by atoms with Crippen molar-refractivity contribution in [3.63, 3.8) is 0 Å². The van der Waals surface area contributed by atoms with E-state index in [9.17, 15) is 4.79 Å². The van der Waals surface area contributed by atoms with Crippen molar-refractivity contribution in [2.24, 2.45) is 0 Å². The van der Waals surface area contributed by atoms with Gasteiger partial charge in [-0.05, 0) is 36.2 Å². The van der Waals surface area contributed by atoms with Gasteiger partial charge in [0, 0.05) is 42.6 Å². The molecule has 1 amide bonds. The van der Waals surface area contributed by atoms with E-state index in [4.69, 9.17) is 16.6 Å². The molecule has 0 N–H and O–H groups in total. The summed E-state index contributed by atoms with van der Waals surface area (Å²) in [6.07, 6.45) is 2.52. The third-order valence-electron chi connectivity index (χ3n) is 4.95. The fourth-order valence-corrected chi connectivity index (χ4v) is 3.44. The number of nitrogens with zero attached hydrogens (tertiary/aromatic N) is 5. The second-order valence-electron chi connectivity index (χ2n) is 6.97. The molecule has 1 aromatic carbocycles. The van der Waals surface area contributed by atoms with Crippen LogP contribution in [0.1, 0.15) is 18.2 Å². The third-order valence-corrected chi connectivity index (χ3v) is 5.20. The van der Waals surface area contributed by atoms with Gasteiger partial charge in [-0.25, -0.2) is 9.97 Å². The van der Waals surface area contributed by atoms with Gasteiger partial charge in [0.2, 0.25) is 5.91 Å². The lowest BCUT2D eigenvalue weighted by Gasteiger charge is -2.35. The first-order chi connectivity index (χ1) is 14.1. The number of benzene rings is 1. The number of anilines is 1. The van der Waals surface area contributed by atoms with Crippen molar-refractivity contribution in [2.45, 2.75) is 19.9 Å². The van der Waals surface area contributed by atoms with Gasteiger partial charge in [-0.15, -0.1) is 0 Å². The van der Waals surface area contributed by atoms with Crippen LogP contribution < -0.4 is 4.90 Å². The summed E-state index contributed by atoms with van der Waals surface area (Å²) in [4.78, 5) is 30.3. The minimum absolute atomic E-state index is 0.0854. The van der Waals surface area contributed by atoms with Crippen LogP contribution in [0, 0.1) is 0 Å². The van der Waals surface area contributed by atoms with Crippen LogP contribution in [0.3, 0.4) is 0 Å². The SMILES string of the molecule is CCc1cc(N2CCN(Cc3ccc(Cl)cc3)C(=O)C2)nc(-c2ccccn2)n1. The van der Waals surface area contributed by atoms with Crippen molar-refractivity contribution in [1.82, 2.24) is 19.9 Å². The molecule has 1 fully saturated rings. The molecule has 0 aliphatic carbocycles. The quantitative estimate of drug-likeness (QED) is 0.646. The Bertz CT molecular complexity index is 994. The Labute approximate surface area is 175 Å². The molecule has 4 rings (SSSR count). The van der Waals surface area contributed by atoms with Crippen LogP contribution in [-0.4, -0.2) is 45.4 Å². The zero-order valence-electron chi connectivity index (χ0n) is 16.3. The van der Waals surface area contributed by atoms with Gasteiger partial charge in [-0.3, -0.25) is 9.78 Å². The summed E-state index contributed by atoms with van der Waals surface area (Å²) in [6.45, 7) is 4.32. The summed E-state index contributed by atoms with van der Waals surface area (Å²) in [5, 5.41) is 0.698. The molecule has 0 saturated carbocycles. The molecule has 0 radical (unpaired) electrons. The first kappa shape index (κ1) is 19.3. The molecular formula is C22H22ClN5O. The van der Waals surface area contributed by atoms with Gasteiger partial charge in [0.05, 0.1) is 6.54 Å². The van der Waals surface area contributed by atoms with E-state index < -0.39 is 0 Å². The van der Waals surface area contributed by atoms with Crippen LogP contribution in [0.4, 0.5) is 5.82 Å². The van der Waals surface area contributed by atoms with Crippen LogP contribution in [0.25, 0.3) is 11.5 Å². The number of carbonyl (C=O) groups is 1. The summed E-state index contributed by atoms with van der Waals surface area (Å²) in [7, 11) is 0. The summed E-state index contributed by atoms with van der Waals surface area (Å²) < 4.78 is 0. The molecule has 148 valence electrons. The second-order valence-corrected chi connectivity index (χ2v) is 7.41. The van der Waals surface area contributed by atoms with Gasteiger partial charge >= 0.3 is 0 Å². The maximum Gasteiger partial charge on any atom is 0.242 e. The predicted octanol–water partition coefficient (Wildman–Crippen LogP) is 3.60. The van der Waals surface area contributed by atoms with Gasteiger partial charge in [-0.2, -0.15) is 0 Å². The van der Waals surface area contributed by atoms with E-state index in [1.807, 2.05) is 58.3 Å². The van der Waals surface area contributed by atoms with Crippen molar-refractivity contribution in [3.8, 4) is 11.5 Å². The molecular weight excluding hydrogens is 386 g/mol. The minimum atomic E-state index is 0.0854. The Morgan fingerprint density at radius 2 is 1.90 bits per heavy atom. The molecule has 1 saturated heterocycles. The number of aromatic nitrogens is 3. The number of halogens is 1. The van der Waals surface area contributed by atoms with Crippen LogP contribution in [-0.2, 0) is 17.8 Å². The molecule has 7 heteroatoms. The monoisotopic (exact) mass is 407 g/mol. The lowest BCUT2D eigenvalue weighted by atomic mass is 10.2. The second kappa shape index (κ2) is 8.57. The molecule has 0 spiro atoms. The number of piperazine rings is 1. The Hall–Kier alpha value is -2.99. The molecule has 3 heterocycles. The van der Waals surface area contributed by atoms with Crippen LogP contribution >= 0.6 is 11.6 Å². The summed E-state index contributed by atoms with van der Waals surface area (Å²) in [5.41, 5.74) is 2.74. The highest BCUT2D eigenvalue weighted by Gasteiger charge is 2.25. The van der Waals surface area contributed by atoms with Crippen LogP contribution in [0.15, 0.2) is 54.7 Å². The van der Waals surface area contributed by atoms with Crippen molar-refractivity contribution in [3.05, 3.63) is 71.0 Å². The molecule has 1 aliphatic rings. The number of carbonyl (C=O) groups excluding carboxylic acids is 1. The number of hydrogen-bond acceptors (Lipinski definition) is 5. The zero-order chi connectivity index (χ0) is 20.2. The number of rotatable bonds is 5. The van der Waals surface area contributed by atoms with Gasteiger partial charge < -0.3 is 9.80 Å². The summed E-state index contributed by atoms with van der Waals surface area (Å²) in [5.74, 6) is 1.45. The number of hydrogen-bond donors (Lipinski definition) is 0. The highest BCUT2D eigenvalue weighted by Crippen LogP contribution is 2.21. The molecule has 29 heavy (non-hydrogen) atoms. The third kappa shape index (κ3) is 4.54. The number of aryl methyl sites for hydroxylation is 1. The van der Waals surface area contributed by atoms with Crippen molar-refractivity contribution < 1.29 is 4.79 Å². The van der Waals surface area contributed by atoms with Gasteiger partial charge in [0.25, 0.3) is 0 Å². The van der Waals surface area contributed by atoms with Crippen LogP contribution in [0.5, 0.6) is 0 Å². The van der Waals surface area contributed by atoms with E-state index in [0.29, 0.717) is 30.5 Å². The average molecular weight is 408 g/mol. The molecule has 3 aromatic rings. The van der Waals surface area contributed by atoms with E-state index >= 15 is 0 Å².